The van der Waals surface area contributed by atoms with Crippen LogP contribution in [0.15, 0.2) is 30.4 Å². The molecule has 0 aromatic carbocycles. The first-order valence-corrected chi connectivity index (χ1v) is 4.69. The third-order valence-electron chi connectivity index (χ3n) is 1.55. The molecule has 0 rings (SSSR count). The standard InChI is InChI=1S/C12H19/c1-3-5-7-9-11-12-10-8-6-4-2/h3-6,11H,7-10H2,1-2H3/q+1. The van der Waals surface area contributed by atoms with Gasteiger partial charge in [-0.3, -0.25) is 0 Å². The van der Waals surface area contributed by atoms with Gasteiger partial charge >= 0.3 is 0 Å². The van der Waals surface area contributed by atoms with Crippen molar-refractivity contribution in [2.75, 3.05) is 0 Å². The fourth-order valence-corrected chi connectivity index (χ4v) is 0.884. The van der Waals surface area contributed by atoms with E-state index >= 15 is 0 Å². The van der Waals surface area contributed by atoms with Crippen molar-refractivity contribution >= 4 is 0 Å². The normalized spacial score (nSPS) is 11.8. The van der Waals surface area contributed by atoms with Crippen LogP contribution in [0.3, 0.4) is 0 Å². The van der Waals surface area contributed by atoms with Gasteiger partial charge in [0.1, 0.15) is 0 Å². The SMILES string of the molecule is CC=CCC[C+]=CCCC=CC. The van der Waals surface area contributed by atoms with E-state index in [-0.39, 0.29) is 0 Å². The molecule has 0 aromatic rings. The smallest absolute Gasteiger partial charge is 0.0917 e. The summed E-state index contributed by atoms with van der Waals surface area (Å²) in [7, 11) is 0. The summed E-state index contributed by atoms with van der Waals surface area (Å²) in [6.45, 7) is 4.11. The number of hydrogen-bond donors (Lipinski definition) is 0. The molecule has 0 heterocycles. The van der Waals surface area contributed by atoms with E-state index in [2.05, 4.69) is 50.3 Å². The number of hydrogen-bond acceptors (Lipinski definition) is 0. The van der Waals surface area contributed by atoms with Gasteiger partial charge in [-0.15, -0.1) is 0 Å². The lowest BCUT2D eigenvalue weighted by Crippen LogP contribution is -1.67. The Bertz CT molecular complexity index is 131. The molecule has 0 radical (unpaired) electrons. The second kappa shape index (κ2) is 10.1. The summed E-state index contributed by atoms with van der Waals surface area (Å²) in [5.74, 6) is 0. The fraction of sp³-hybridized carbons (Fsp3) is 0.500. The highest BCUT2D eigenvalue weighted by molar-refractivity contribution is 4.84. The first-order chi connectivity index (χ1) is 5.91. The lowest BCUT2D eigenvalue weighted by atomic mass is 10.2. The first kappa shape index (κ1) is 11.1. The maximum atomic E-state index is 3.27. The van der Waals surface area contributed by atoms with Crippen molar-refractivity contribution in [1.82, 2.24) is 0 Å². The third kappa shape index (κ3) is 9.13. The zero-order chi connectivity index (χ0) is 9.07. The van der Waals surface area contributed by atoms with Crippen molar-refractivity contribution in [2.24, 2.45) is 0 Å². The second-order valence-electron chi connectivity index (χ2n) is 2.66. The maximum Gasteiger partial charge on any atom is 0.218 e. The molecular formula is C12H19+. The Hall–Kier alpha value is -0.870. The summed E-state index contributed by atoms with van der Waals surface area (Å²) in [6, 6.07) is 0. The second-order valence-corrected chi connectivity index (χ2v) is 2.66. The molecule has 66 valence electrons. The van der Waals surface area contributed by atoms with Crippen molar-refractivity contribution in [1.29, 1.82) is 0 Å². The predicted octanol–water partition coefficient (Wildman–Crippen LogP) is 4.06. The summed E-state index contributed by atoms with van der Waals surface area (Å²) >= 11 is 0. The van der Waals surface area contributed by atoms with E-state index in [4.69, 9.17) is 0 Å². The van der Waals surface area contributed by atoms with Crippen LogP contribution in [0.5, 0.6) is 0 Å². The van der Waals surface area contributed by atoms with Crippen molar-refractivity contribution in [2.45, 2.75) is 39.5 Å². The van der Waals surface area contributed by atoms with Crippen LogP contribution in [0, 0.1) is 6.08 Å². The van der Waals surface area contributed by atoms with E-state index < -0.39 is 0 Å². The van der Waals surface area contributed by atoms with Crippen LogP contribution in [0.4, 0.5) is 0 Å². The molecule has 0 amide bonds. The molecule has 0 unspecified atom stereocenters. The minimum absolute atomic E-state index is 1.06. The van der Waals surface area contributed by atoms with Gasteiger partial charge in [-0.25, -0.2) is 0 Å². The van der Waals surface area contributed by atoms with E-state index in [9.17, 15) is 0 Å². The first-order valence-electron chi connectivity index (χ1n) is 4.69. The van der Waals surface area contributed by atoms with Gasteiger partial charge in [0.25, 0.3) is 0 Å². The molecule has 12 heavy (non-hydrogen) atoms. The Morgan fingerprint density at radius 1 is 0.917 bits per heavy atom. The minimum atomic E-state index is 1.06. The van der Waals surface area contributed by atoms with Crippen LogP contribution >= 0.6 is 0 Å². The summed E-state index contributed by atoms with van der Waals surface area (Å²) < 4.78 is 0. The van der Waals surface area contributed by atoms with E-state index in [1.807, 2.05) is 0 Å². The molecule has 0 bridgehead atoms. The number of unbranched alkanes of at least 4 members (excludes halogenated alkanes) is 2. The third-order valence-corrected chi connectivity index (χ3v) is 1.55. The average molecular weight is 163 g/mol. The van der Waals surface area contributed by atoms with E-state index in [1.165, 1.54) is 0 Å². The molecule has 0 aliphatic heterocycles. The molecule has 0 saturated carbocycles. The van der Waals surface area contributed by atoms with Crippen LogP contribution in [-0.4, -0.2) is 0 Å². The molecule has 0 atom stereocenters. The van der Waals surface area contributed by atoms with E-state index in [0.717, 1.165) is 25.7 Å². The molecule has 0 aromatic heterocycles. The van der Waals surface area contributed by atoms with Gasteiger partial charge in [0, 0.05) is 12.8 Å². The number of rotatable bonds is 6. The molecule has 0 spiro atoms. The van der Waals surface area contributed by atoms with Crippen molar-refractivity contribution < 1.29 is 0 Å². The average Bonchev–Trinajstić information content (AvgIpc) is 2.10. The lowest BCUT2D eigenvalue weighted by molar-refractivity contribution is 0.982. The fourth-order valence-electron chi connectivity index (χ4n) is 0.884. The van der Waals surface area contributed by atoms with Crippen LogP contribution < -0.4 is 0 Å². The Morgan fingerprint density at radius 2 is 1.58 bits per heavy atom. The van der Waals surface area contributed by atoms with Gasteiger partial charge in [0.2, 0.25) is 6.08 Å². The van der Waals surface area contributed by atoms with Gasteiger partial charge < -0.3 is 0 Å². The summed E-state index contributed by atoms with van der Waals surface area (Å²) in [5, 5.41) is 0. The molecular weight excluding hydrogens is 144 g/mol. The molecule has 0 nitrogen and oxygen atoms in total. The molecule has 0 heteroatoms. The minimum Gasteiger partial charge on any atom is -0.0917 e. The molecule has 0 saturated heterocycles. The summed E-state index contributed by atoms with van der Waals surface area (Å²) in [4.78, 5) is 0. The summed E-state index contributed by atoms with van der Waals surface area (Å²) in [6.07, 6.45) is 18.4. The lowest BCUT2D eigenvalue weighted by Gasteiger charge is -1.77. The Morgan fingerprint density at radius 3 is 2.25 bits per heavy atom. The van der Waals surface area contributed by atoms with Crippen LogP contribution in [0.25, 0.3) is 0 Å². The van der Waals surface area contributed by atoms with Gasteiger partial charge in [-0.2, -0.15) is 0 Å². The van der Waals surface area contributed by atoms with Gasteiger partial charge in [-0.05, 0) is 20.3 Å². The topological polar surface area (TPSA) is 0 Å². The quantitative estimate of drug-likeness (QED) is 0.315. The molecule has 0 aliphatic rings. The van der Waals surface area contributed by atoms with Crippen LogP contribution in [0.1, 0.15) is 39.5 Å². The predicted molar refractivity (Wildman–Crippen MR) is 55.9 cm³/mol. The highest BCUT2D eigenvalue weighted by Crippen LogP contribution is 1.96. The van der Waals surface area contributed by atoms with Crippen molar-refractivity contribution in [3.63, 3.8) is 0 Å². The van der Waals surface area contributed by atoms with Crippen molar-refractivity contribution in [3.8, 4) is 0 Å². The zero-order valence-electron chi connectivity index (χ0n) is 8.22. The summed E-state index contributed by atoms with van der Waals surface area (Å²) in [5.41, 5.74) is 0. The highest BCUT2D eigenvalue weighted by atomic mass is 13.8. The van der Waals surface area contributed by atoms with Crippen LogP contribution in [0.2, 0.25) is 0 Å². The zero-order valence-corrected chi connectivity index (χ0v) is 8.22. The molecule has 0 aliphatic carbocycles. The largest absolute Gasteiger partial charge is 0.218 e. The molecule has 0 fully saturated rings. The van der Waals surface area contributed by atoms with Crippen molar-refractivity contribution in [3.05, 3.63) is 36.5 Å². The Kier molecular flexibility index (Phi) is 9.40. The van der Waals surface area contributed by atoms with E-state index in [1.54, 1.807) is 0 Å². The molecule has 0 N–H and O–H groups in total. The van der Waals surface area contributed by atoms with E-state index in [0.29, 0.717) is 0 Å². The Labute approximate surface area is 76.7 Å². The van der Waals surface area contributed by atoms with Gasteiger partial charge in [0.05, 0.1) is 0 Å². The van der Waals surface area contributed by atoms with Gasteiger partial charge in [0.15, 0.2) is 12.5 Å². The Balaban J connectivity index is 3.14. The maximum absolute atomic E-state index is 3.27. The number of allylic oxidation sites excluding steroid dienone is 6. The highest BCUT2D eigenvalue weighted by Gasteiger charge is 1.90. The van der Waals surface area contributed by atoms with Gasteiger partial charge in [-0.1, -0.05) is 24.3 Å². The van der Waals surface area contributed by atoms with Crippen LogP contribution in [-0.2, 0) is 0 Å². The monoisotopic (exact) mass is 163 g/mol.